The Morgan fingerprint density at radius 3 is 2.11 bits per heavy atom. The molecule has 0 aliphatic carbocycles. The zero-order chi connectivity index (χ0) is 14.6. The molecule has 0 heterocycles. The van der Waals surface area contributed by atoms with Gasteiger partial charge in [0.05, 0.1) is 22.8 Å². The first-order valence-electron chi connectivity index (χ1n) is 6.55. The van der Waals surface area contributed by atoms with Gasteiger partial charge in [0.2, 0.25) is 0 Å². The summed E-state index contributed by atoms with van der Waals surface area (Å²) in [5, 5.41) is 0.456. The summed E-state index contributed by atoms with van der Waals surface area (Å²) in [4.78, 5) is 12.0. The Morgan fingerprint density at radius 1 is 1.11 bits per heavy atom. The monoisotopic (exact) mass is 284 g/mol. The van der Waals surface area contributed by atoms with Crippen molar-refractivity contribution in [1.82, 2.24) is 0 Å². The second-order valence-corrected chi connectivity index (χ2v) is 5.30. The van der Waals surface area contributed by atoms with E-state index in [9.17, 15) is 4.79 Å². The molecule has 1 rings (SSSR count). The van der Waals surface area contributed by atoms with Crippen LogP contribution < -0.4 is 9.47 Å². The molecule has 0 saturated heterocycles. The van der Waals surface area contributed by atoms with Gasteiger partial charge in [0, 0.05) is 12.5 Å². The molecule has 0 bridgehead atoms. The topological polar surface area (TPSA) is 35.5 Å². The number of hydrogen-bond acceptors (Lipinski definition) is 3. The molecule has 0 atom stereocenters. The van der Waals surface area contributed by atoms with Crippen molar-refractivity contribution in [2.75, 3.05) is 0 Å². The average molecular weight is 285 g/mol. The Balaban J connectivity index is 3.24. The van der Waals surface area contributed by atoms with Gasteiger partial charge < -0.3 is 9.47 Å². The highest BCUT2D eigenvalue weighted by Gasteiger charge is 2.17. The minimum atomic E-state index is -0.0173. The zero-order valence-electron chi connectivity index (χ0n) is 12.1. The van der Waals surface area contributed by atoms with Crippen LogP contribution >= 0.6 is 11.6 Å². The third-order valence-corrected chi connectivity index (χ3v) is 2.68. The quantitative estimate of drug-likeness (QED) is 0.721. The first-order chi connectivity index (χ1) is 8.85. The van der Waals surface area contributed by atoms with Crippen molar-refractivity contribution in [3.8, 4) is 11.5 Å². The van der Waals surface area contributed by atoms with E-state index >= 15 is 0 Å². The standard InChI is InChI=1S/C15H21ClO3/c1-6-13(17)11-7-15(19-10(4)5)12(16)8-14(11)18-9(2)3/h7-10H,6H2,1-5H3. The molecule has 1 aromatic rings. The number of rotatable bonds is 6. The summed E-state index contributed by atoms with van der Waals surface area (Å²) in [6.45, 7) is 9.46. The first kappa shape index (κ1) is 15.8. The van der Waals surface area contributed by atoms with Crippen molar-refractivity contribution in [2.24, 2.45) is 0 Å². The number of ether oxygens (including phenoxy) is 2. The van der Waals surface area contributed by atoms with E-state index in [1.54, 1.807) is 12.1 Å². The van der Waals surface area contributed by atoms with Crippen molar-refractivity contribution < 1.29 is 14.3 Å². The molecule has 0 aliphatic rings. The van der Waals surface area contributed by atoms with Crippen LogP contribution in [0.25, 0.3) is 0 Å². The number of Topliss-reactive ketones (excluding diaryl/α,β-unsaturated/α-hetero) is 1. The lowest BCUT2D eigenvalue weighted by Crippen LogP contribution is -2.11. The van der Waals surface area contributed by atoms with Gasteiger partial charge in [-0.2, -0.15) is 0 Å². The van der Waals surface area contributed by atoms with Gasteiger partial charge in [0.15, 0.2) is 5.78 Å². The lowest BCUT2D eigenvalue weighted by molar-refractivity contribution is 0.0981. The van der Waals surface area contributed by atoms with Gasteiger partial charge >= 0.3 is 0 Å². The molecule has 0 N–H and O–H groups in total. The fraction of sp³-hybridized carbons (Fsp3) is 0.533. The molecule has 0 spiro atoms. The van der Waals surface area contributed by atoms with Crippen LogP contribution in [-0.4, -0.2) is 18.0 Å². The summed E-state index contributed by atoms with van der Waals surface area (Å²) in [6.07, 6.45) is 0.396. The third kappa shape index (κ3) is 4.43. The van der Waals surface area contributed by atoms with E-state index in [4.69, 9.17) is 21.1 Å². The maximum absolute atomic E-state index is 12.0. The third-order valence-electron chi connectivity index (χ3n) is 2.38. The van der Waals surface area contributed by atoms with Crippen molar-refractivity contribution in [3.05, 3.63) is 22.7 Å². The molecule has 19 heavy (non-hydrogen) atoms. The molecule has 0 radical (unpaired) electrons. The van der Waals surface area contributed by atoms with Crippen molar-refractivity contribution in [2.45, 2.75) is 53.2 Å². The predicted molar refractivity (Wildman–Crippen MR) is 77.6 cm³/mol. The molecule has 0 unspecified atom stereocenters. The van der Waals surface area contributed by atoms with Crippen LogP contribution in [0.5, 0.6) is 11.5 Å². The summed E-state index contributed by atoms with van der Waals surface area (Å²) >= 11 is 6.16. The molecule has 4 heteroatoms. The van der Waals surface area contributed by atoms with Crippen LogP contribution in [0.3, 0.4) is 0 Å². The van der Waals surface area contributed by atoms with Crippen molar-refractivity contribution in [3.63, 3.8) is 0 Å². The van der Waals surface area contributed by atoms with E-state index < -0.39 is 0 Å². The zero-order valence-corrected chi connectivity index (χ0v) is 12.9. The molecule has 0 saturated carbocycles. The molecule has 0 fully saturated rings. The van der Waals surface area contributed by atoms with Crippen LogP contribution in [0.15, 0.2) is 12.1 Å². The summed E-state index contributed by atoms with van der Waals surface area (Å²) in [7, 11) is 0. The van der Waals surface area contributed by atoms with E-state index in [1.807, 2.05) is 34.6 Å². The predicted octanol–water partition coefficient (Wildman–Crippen LogP) is 4.51. The summed E-state index contributed by atoms with van der Waals surface area (Å²) in [5.41, 5.74) is 0.524. The Kier molecular flexibility index (Phi) is 5.67. The van der Waals surface area contributed by atoms with E-state index in [-0.39, 0.29) is 18.0 Å². The van der Waals surface area contributed by atoms with E-state index in [0.29, 0.717) is 28.5 Å². The fourth-order valence-electron chi connectivity index (χ4n) is 1.64. The lowest BCUT2D eigenvalue weighted by atomic mass is 10.1. The smallest absolute Gasteiger partial charge is 0.166 e. The molecular formula is C15H21ClO3. The number of carbonyl (C=O) groups excluding carboxylic acids is 1. The number of ketones is 1. The minimum Gasteiger partial charge on any atom is -0.490 e. The van der Waals surface area contributed by atoms with Gasteiger partial charge in [-0.25, -0.2) is 0 Å². The van der Waals surface area contributed by atoms with Gasteiger partial charge in [0.1, 0.15) is 11.5 Å². The minimum absolute atomic E-state index is 0.000976. The second kappa shape index (κ2) is 6.80. The van der Waals surface area contributed by atoms with E-state index in [1.165, 1.54) is 0 Å². The van der Waals surface area contributed by atoms with Gasteiger partial charge in [-0.05, 0) is 33.8 Å². The van der Waals surface area contributed by atoms with Crippen LogP contribution in [0.1, 0.15) is 51.4 Å². The second-order valence-electron chi connectivity index (χ2n) is 4.89. The van der Waals surface area contributed by atoms with Crippen molar-refractivity contribution in [1.29, 1.82) is 0 Å². The molecule has 106 valence electrons. The Hall–Kier alpha value is -1.22. The van der Waals surface area contributed by atoms with E-state index in [2.05, 4.69) is 0 Å². The van der Waals surface area contributed by atoms with Crippen LogP contribution in [0, 0.1) is 0 Å². The average Bonchev–Trinajstić information content (AvgIpc) is 2.30. The molecule has 3 nitrogen and oxygen atoms in total. The molecule has 0 aromatic heterocycles. The molecule has 0 aliphatic heterocycles. The number of carbonyl (C=O) groups is 1. The van der Waals surface area contributed by atoms with Gasteiger partial charge in [-0.3, -0.25) is 4.79 Å². The van der Waals surface area contributed by atoms with Gasteiger partial charge in [-0.1, -0.05) is 18.5 Å². The maximum atomic E-state index is 12.0. The van der Waals surface area contributed by atoms with Gasteiger partial charge in [-0.15, -0.1) is 0 Å². The number of hydrogen-bond donors (Lipinski definition) is 0. The largest absolute Gasteiger partial charge is 0.490 e. The molecular weight excluding hydrogens is 264 g/mol. The highest BCUT2D eigenvalue weighted by molar-refractivity contribution is 6.32. The molecule has 0 amide bonds. The normalized spacial score (nSPS) is 10.9. The Labute approximate surface area is 119 Å². The summed E-state index contributed by atoms with van der Waals surface area (Å²) in [6, 6.07) is 3.33. The van der Waals surface area contributed by atoms with Crippen LogP contribution in [-0.2, 0) is 0 Å². The van der Waals surface area contributed by atoms with Crippen LogP contribution in [0.4, 0.5) is 0 Å². The number of benzene rings is 1. The SMILES string of the molecule is CCC(=O)c1cc(OC(C)C)c(Cl)cc1OC(C)C. The lowest BCUT2D eigenvalue weighted by Gasteiger charge is -2.17. The molecule has 1 aromatic carbocycles. The summed E-state index contributed by atoms with van der Waals surface area (Å²) in [5.74, 6) is 1.05. The van der Waals surface area contributed by atoms with E-state index in [0.717, 1.165) is 0 Å². The highest BCUT2D eigenvalue weighted by atomic mass is 35.5. The van der Waals surface area contributed by atoms with Crippen LogP contribution in [0.2, 0.25) is 5.02 Å². The Bertz CT molecular complexity index is 453. The number of halogens is 1. The fourth-order valence-corrected chi connectivity index (χ4v) is 1.84. The van der Waals surface area contributed by atoms with Gasteiger partial charge in [0.25, 0.3) is 0 Å². The highest BCUT2D eigenvalue weighted by Crippen LogP contribution is 2.34. The maximum Gasteiger partial charge on any atom is 0.166 e. The first-order valence-corrected chi connectivity index (χ1v) is 6.93. The summed E-state index contributed by atoms with van der Waals surface area (Å²) < 4.78 is 11.2. The Morgan fingerprint density at radius 2 is 1.63 bits per heavy atom. The van der Waals surface area contributed by atoms with Crippen molar-refractivity contribution >= 4 is 17.4 Å².